The van der Waals surface area contributed by atoms with Crippen molar-refractivity contribution in [2.45, 2.75) is 141 Å². The number of carbonyl (C=O) groups is 2. The molecule has 2 amide bonds. The van der Waals surface area contributed by atoms with Crippen LogP contribution in [-0.2, 0) is 9.59 Å². The normalized spacial score (nSPS) is 42.5. The van der Waals surface area contributed by atoms with Gasteiger partial charge in [0.15, 0.2) is 1.41 Å². The van der Waals surface area contributed by atoms with Crippen LogP contribution >= 0.6 is 0 Å². The van der Waals surface area contributed by atoms with Gasteiger partial charge in [-0.3, -0.25) is 10.1 Å². The predicted molar refractivity (Wildman–Crippen MR) is 165 cm³/mol. The van der Waals surface area contributed by atoms with Gasteiger partial charge in [0.25, 0.3) is 0 Å². The molecule has 3 N–H and O–H groups in total. The van der Waals surface area contributed by atoms with Crippen molar-refractivity contribution in [3.63, 3.8) is 0 Å². The minimum absolute atomic E-state index is 0.00739. The molecule has 1 aliphatic heterocycles. The Kier molecular flexibility index (Phi) is 6.88. The van der Waals surface area contributed by atoms with Crippen molar-refractivity contribution in [2.75, 3.05) is 0 Å². The lowest BCUT2D eigenvalue weighted by Crippen LogP contribution is -3.00. The summed E-state index contributed by atoms with van der Waals surface area (Å²) < 4.78 is 27.7. The number of amides is 2. The van der Waals surface area contributed by atoms with Gasteiger partial charge >= 0.3 is 8.73 Å². The van der Waals surface area contributed by atoms with Gasteiger partial charge in [-0.15, -0.1) is 0 Å². The number of hydrogen-bond donors (Lipinski definition) is 2. The molecule has 4 heteroatoms. The van der Waals surface area contributed by atoms with E-state index in [1.807, 2.05) is 6.92 Å². The van der Waals surface area contributed by atoms with Crippen molar-refractivity contribution in [2.24, 2.45) is 63.1 Å². The molecule has 8 atom stereocenters. The molecule has 3 aliphatic carbocycles. The molecular formula is C36H63N2O2+. The fourth-order valence-electron chi connectivity index (χ4n) is 11.8. The van der Waals surface area contributed by atoms with Gasteiger partial charge in [-0.1, -0.05) is 76.2 Å². The van der Waals surface area contributed by atoms with Crippen LogP contribution in [0.5, 0.6) is 0 Å². The van der Waals surface area contributed by atoms with Gasteiger partial charge in [-0.2, -0.15) is 0 Å². The smallest absolute Gasteiger partial charge is 0.350 e. The molecule has 4 rings (SSSR count). The van der Waals surface area contributed by atoms with Crippen molar-refractivity contribution < 1.29 is 19.1 Å². The van der Waals surface area contributed by atoms with Crippen LogP contribution in [0.1, 0.15) is 129 Å². The number of quaternary nitrogens is 1. The third-order valence-electron chi connectivity index (χ3n) is 14.6. The van der Waals surface area contributed by atoms with Gasteiger partial charge in [-0.05, 0) is 104 Å². The van der Waals surface area contributed by atoms with Crippen LogP contribution < -0.4 is 10.6 Å². The average Bonchev–Trinajstić information content (AvgIpc) is 3.34. The fourth-order valence-corrected chi connectivity index (χ4v) is 11.8. The third kappa shape index (κ3) is 3.72. The van der Waals surface area contributed by atoms with E-state index in [0.29, 0.717) is 23.8 Å². The number of fused-ring (bicyclic) bond motifs is 5. The first kappa shape index (κ1) is 27.7. The maximum Gasteiger partial charge on any atom is 0.355 e. The Morgan fingerprint density at radius 1 is 1.05 bits per heavy atom. The predicted octanol–water partition coefficient (Wildman–Crippen LogP) is 7.14. The van der Waals surface area contributed by atoms with Crippen LogP contribution in [0.4, 0.5) is 0 Å². The molecule has 3 saturated carbocycles. The molecule has 0 aromatic carbocycles. The molecule has 0 spiro atoms. The zero-order valence-corrected chi connectivity index (χ0v) is 28.4. The summed E-state index contributed by atoms with van der Waals surface area (Å²) in [5.74, 6) is 0.742. The highest BCUT2D eigenvalue weighted by atomic mass is 16.2. The Bertz CT molecular complexity index is 1190. The summed E-state index contributed by atoms with van der Waals surface area (Å²) in [5.41, 5.74) is -0.155. The van der Waals surface area contributed by atoms with Crippen molar-refractivity contribution in [3.8, 4) is 0 Å². The molecule has 0 aromatic heterocycles. The molecule has 0 aromatic rings. The largest absolute Gasteiger partial charge is 0.355 e. The first-order valence-electron chi connectivity index (χ1n) is 17.9. The lowest BCUT2D eigenvalue weighted by atomic mass is 9.30. The Balaban J connectivity index is 1.99. The molecule has 1 unspecified atom stereocenters. The number of carbonyl (C=O) groups excluding carboxylic acids is 2. The number of nitrogens with two attached hydrogens (primary N) is 1. The van der Waals surface area contributed by atoms with Crippen LogP contribution in [0.15, 0.2) is 11.1 Å². The van der Waals surface area contributed by atoms with E-state index < -0.39 is 22.3 Å². The highest BCUT2D eigenvalue weighted by Gasteiger charge is 2.77. The Hall–Kier alpha value is -1.16. The van der Waals surface area contributed by atoms with Crippen LogP contribution in [0.3, 0.4) is 0 Å². The molecule has 4 aliphatic rings. The van der Waals surface area contributed by atoms with E-state index in [-0.39, 0.29) is 57.6 Å². The van der Waals surface area contributed by atoms with Crippen molar-refractivity contribution in [1.82, 2.24) is 5.31 Å². The fraction of sp³-hybridized carbons (Fsp3) is 0.889. The summed E-state index contributed by atoms with van der Waals surface area (Å²) in [6, 6.07) is -0.412. The lowest BCUT2D eigenvalue weighted by Gasteiger charge is -2.74. The average molecular weight is 559 g/mol. The van der Waals surface area contributed by atoms with E-state index in [1.165, 1.54) is 5.31 Å². The summed E-state index contributed by atoms with van der Waals surface area (Å²) in [4.78, 5) is 28.2. The van der Waals surface area contributed by atoms with E-state index in [1.54, 1.807) is 0 Å². The van der Waals surface area contributed by atoms with Crippen LogP contribution in [0, 0.1) is 63.1 Å². The third-order valence-corrected chi connectivity index (χ3v) is 14.6. The molecule has 3 fully saturated rings. The summed E-state index contributed by atoms with van der Waals surface area (Å²) in [7, 11) is 0. The maximum atomic E-state index is 14.7. The summed E-state index contributed by atoms with van der Waals surface area (Å²) in [6.07, 6.45) is 4.07. The maximum absolute atomic E-state index is 14.7. The molecule has 228 valence electrons. The number of primary amides is 1. The minimum atomic E-state index is -1.05. The first-order valence-corrected chi connectivity index (χ1v) is 16.5. The standard InChI is InChI=1S/C36H62N2O2/c1-15-34(14,20(2)3)38-31(40)27-18-17-26-25-16-19-28-35(21(4)5,24(9)23(8)30(39)37-28)29(25)32(10,11)33(12,13)36(26,27)22(6)7/h20-22,25-29H,15-19H2,1-14H3,(H,37,39)(H,38,40)/p+1/t25-,26-,27+,28+,29+,34?,35-,36-/m0/s1/i/hD3. The van der Waals surface area contributed by atoms with Gasteiger partial charge in [0, 0.05) is 17.9 Å². The Morgan fingerprint density at radius 2 is 1.65 bits per heavy atom. The molecular weight excluding hydrogens is 492 g/mol. The van der Waals surface area contributed by atoms with E-state index in [4.69, 9.17) is 0 Å². The van der Waals surface area contributed by atoms with Crippen molar-refractivity contribution >= 4 is 11.8 Å². The Labute approximate surface area is 251 Å². The zero-order chi connectivity index (χ0) is 33.0. The molecule has 4 nitrogen and oxygen atoms in total. The van der Waals surface area contributed by atoms with Crippen LogP contribution in [0.25, 0.3) is 0 Å². The molecule has 0 saturated heterocycles. The number of nitrogens with one attached hydrogen (secondary N) is 1. The minimum Gasteiger partial charge on any atom is -0.350 e. The van der Waals surface area contributed by atoms with E-state index in [2.05, 4.69) is 90.0 Å². The zero-order valence-electron chi connectivity index (χ0n) is 31.4. The monoisotopic (exact) mass is 559 g/mol. The lowest BCUT2D eigenvalue weighted by molar-refractivity contribution is -0.631. The van der Waals surface area contributed by atoms with E-state index in [9.17, 15) is 13.8 Å². The van der Waals surface area contributed by atoms with E-state index >= 15 is 0 Å². The number of hydrogen-bond acceptors (Lipinski definition) is 2. The first-order chi connectivity index (χ1) is 19.5. The quantitative estimate of drug-likeness (QED) is 0.364. The number of rotatable bonds is 6. The van der Waals surface area contributed by atoms with Gasteiger partial charge in [0.2, 0.25) is 5.91 Å². The molecule has 1 heterocycles. The second kappa shape index (κ2) is 9.95. The highest BCUT2D eigenvalue weighted by molar-refractivity contribution is 5.87. The van der Waals surface area contributed by atoms with E-state index in [0.717, 1.165) is 31.3 Å². The van der Waals surface area contributed by atoms with Crippen molar-refractivity contribution in [3.05, 3.63) is 11.1 Å². The second-order valence-corrected chi connectivity index (χ2v) is 16.5. The molecule has 0 bridgehead atoms. The molecule has 40 heavy (non-hydrogen) atoms. The summed E-state index contributed by atoms with van der Waals surface area (Å²) in [5, 5.41) is 0.326. The van der Waals surface area contributed by atoms with Gasteiger partial charge in [-0.25, -0.2) is 4.79 Å². The van der Waals surface area contributed by atoms with Crippen LogP contribution in [0.2, 0.25) is 4.24 Å². The summed E-state index contributed by atoms with van der Waals surface area (Å²) in [6.45, 7) is 31.2. The van der Waals surface area contributed by atoms with Gasteiger partial charge < -0.3 is 5.31 Å². The van der Waals surface area contributed by atoms with Gasteiger partial charge in [0.05, 0.1) is 11.0 Å². The van der Waals surface area contributed by atoms with Crippen molar-refractivity contribution in [1.29, 1.82) is 0 Å². The highest BCUT2D eigenvalue weighted by Crippen LogP contribution is 2.79. The molecule has 0 radical (unpaired) electrons. The second-order valence-electron chi connectivity index (χ2n) is 16.5. The topological polar surface area (TPSA) is 62.8 Å². The SMILES string of the molecule is [2H]N(C(=O)[C@H]1CC[C@H]2[C@@H]3CC[C@@H]4[C@](C(C)C)(C(C)=C(C)C(=O)[N+]4([2H])[2H])[C@H]3C(C)(C)C(C)(C)[C@]12C(C)C)C(C)(CC)C(C)C. The van der Waals surface area contributed by atoms with Gasteiger partial charge in [0.1, 0.15) is 6.04 Å². The summed E-state index contributed by atoms with van der Waals surface area (Å²) >= 11 is 0. The Morgan fingerprint density at radius 3 is 2.15 bits per heavy atom. The van der Waals surface area contributed by atoms with Crippen LogP contribution in [-0.4, -0.2) is 23.4 Å².